The fraction of sp³-hybridized carbons (Fsp3) is 0.400. The third-order valence-electron chi connectivity index (χ3n) is 5.65. The van der Waals surface area contributed by atoms with E-state index >= 15 is 0 Å². The van der Waals surface area contributed by atoms with Crippen LogP contribution < -0.4 is 10.2 Å². The van der Waals surface area contributed by atoms with Gasteiger partial charge in [0.1, 0.15) is 23.1 Å². The molecule has 1 aliphatic heterocycles. The summed E-state index contributed by atoms with van der Waals surface area (Å²) in [7, 11) is 0. The topological polar surface area (TPSA) is 79.2 Å². The van der Waals surface area contributed by atoms with Crippen molar-refractivity contribution in [1.82, 2.24) is 19.6 Å². The number of aromatic nitrogens is 2. The van der Waals surface area contributed by atoms with Crippen LogP contribution in [0.3, 0.4) is 0 Å². The van der Waals surface area contributed by atoms with Gasteiger partial charge >= 0.3 is 6.09 Å². The molecule has 8 nitrogen and oxygen atoms in total. The molecule has 4 rings (SSSR count). The van der Waals surface area contributed by atoms with Crippen LogP contribution in [-0.4, -0.2) is 64.1 Å². The number of alkyl carbamates (subject to hydrolysis) is 1. The second-order valence-electron chi connectivity index (χ2n) is 9.39. The Kier molecular flexibility index (Phi) is 6.97. The van der Waals surface area contributed by atoms with Crippen molar-refractivity contribution in [2.45, 2.75) is 38.8 Å². The summed E-state index contributed by atoms with van der Waals surface area (Å²) >= 11 is 6.01. The largest absolute Gasteiger partial charge is 0.444 e. The summed E-state index contributed by atoms with van der Waals surface area (Å²) in [5.74, 6) is 0.880. The fourth-order valence-corrected chi connectivity index (χ4v) is 4.16. The summed E-state index contributed by atoms with van der Waals surface area (Å²) < 4.78 is 7.46. The first-order valence-corrected chi connectivity index (χ1v) is 11.8. The minimum atomic E-state index is -0.738. The number of pyridine rings is 1. The van der Waals surface area contributed by atoms with Crippen molar-refractivity contribution in [2.75, 3.05) is 31.1 Å². The lowest BCUT2D eigenvalue weighted by atomic mass is 10.0. The van der Waals surface area contributed by atoms with Gasteiger partial charge in [0, 0.05) is 43.8 Å². The van der Waals surface area contributed by atoms with Crippen molar-refractivity contribution >= 4 is 35.1 Å². The lowest BCUT2D eigenvalue weighted by molar-refractivity contribution is -0.133. The number of piperazine rings is 1. The molecule has 0 aliphatic carbocycles. The van der Waals surface area contributed by atoms with Crippen molar-refractivity contribution in [1.29, 1.82) is 0 Å². The van der Waals surface area contributed by atoms with Gasteiger partial charge in [-0.15, -0.1) is 0 Å². The molecule has 1 saturated heterocycles. The van der Waals surface area contributed by atoms with Gasteiger partial charge in [-0.1, -0.05) is 29.8 Å². The van der Waals surface area contributed by atoms with E-state index in [2.05, 4.69) is 15.2 Å². The van der Waals surface area contributed by atoms with Crippen LogP contribution in [-0.2, 0) is 16.0 Å². The van der Waals surface area contributed by atoms with Crippen LogP contribution in [0.4, 0.5) is 10.6 Å². The Hall–Kier alpha value is -3.26. The molecular formula is C25H30ClN5O3. The molecule has 1 aromatic carbocycles. The number of carbonyl (C=O) groups is 2. The minimum Gasteiger partial charge on any atom is -0.444 e. The number of ether oxygens (including phenoxy) is 1. The molecule has 0 bridgehead atoms. The van der Waals surface area contributed by atoms with Crippen molar-refractivity contribution < 1.29 is 14.3 Å². The highest BCUT2D eigenvalue weighted by molar-refractivity contribution is 6.30. The normalized spacial score (nSPS) is 15.3. The van der Waals surface area contributed by atoms with E-state index in [4.69, 9.17) is 16.3 Å². The monoisotopic (exact) mass is 483 g/mol. The number of amides is 2. The van der Waals surface area contributed by atoms with Crippen LogP contribution in [0.25, 0.3) is 5.65 Å². The average molecular weight is 484 g/mol. The van der Waals surface area contributed by atoms with Crippen molar-refractivity contribution in [3.05, 3.63) is 65.4 Å². The number of carbonyl (C=O) groups excluding carboxylic acids is 2. The van der Waals surface area contributed by atoms with E-state index in [1.807, 2.05) is 47.1 Å². The molecular weight excluding hydrogens is 454 g/mol. The maximum absolute atomic E-state index is 13.5. The molecule has 9 heteroatoms. The van der Waals surface area contributed by atoms with E-state index in [1.165, 1.54) is 0 Å². The zero-order valence-electron chi connectivity index (χ0n) is 19.7. The molecule has 3 heterocycles. The lowest BCUT2D eigenvalue weighted by Crippen LogP contribution is -2.56. The Morgan fingerprint density at radius 1 is 1.09 bits per heavy atom. The first kappa shape index (κ1) is 23.9. The maximum Gasteiger partial charge on any atom is 0.408 e. The van der Waals surface area contributed by atoms with E-state index in [-0.39, 0.29) is 5.91 Å². The third kappa shape index (κ3) is 5.80. The van der Waals surface area contributed by atoms with E-state index in [0.29, 0.717) is 37.6 Å². The molecule has 34 heavy (non-hydrogen) atoms. The number of halogens is 1. The Labute approximate surface area is 204 Å². The second kappa shape index (κ2) is 9.93. The molecule has 1 aliphatic rings. The number of rotatable bonds is 5. The van der Waals surface area contributed by atoms with Gasteiger partial charge in [-0.05, 0) is 50.6 Å². The Morgan fingerprint density at radius 3 is 2.47 bits per heavy atom. The highest BCUT2D eigenvalue weighted by Gasteiger charge is 2.31. The number of nitrogens with one attached hydrogen (secondary N) is 1. The summed E-state index contributed by atoms with van der Waals surface area (Å²) in [6.07, 6.45) is 3.59. The van der Waals surface area contributed by atoms with Crippen LogP contribution in [0, 0.1) is 0 Å². The number of fused-ring (bicyclic) bond motifs is 1. The Morgan fingerprint density at radius 2 is 1.79 bits per heavy atom. The molecule has 0 unspecified atom stereocenters. The number of imidazole rings is 1. The highest BCUT2D eigenvalue weighted by atomic mass is 35.5. The fourth-order valence-electron chi connectivity index (χ4n) is 4.04. The number of hydrogen-bond acceptors (Lipinski definition) is 5. The number of hydrogen-bond donors (Lipinski definition) is 1. The zero-order chi connectivity index (χ0) is 24.3. The molecule has 1 atom stereocenters. The van der Waals surface area contributed by atoms with Crippen molar-refractivity contribution in [3.8, 4) is 0 Å². The summed E-state index contributed by atoms with van der Waals surface area (Å²) in [4.78, 5) is 34.4. The Bertz CT molecular complexity index is 1150. The predicted molar refractivity (Wildman–Crippen MR) is 132 cm³/mol. The van der Waals surface area contributed by atoms with Gasteiger partial charge in [0.2, 0.25) is 5.91 Å². The summed E-state index contributed by atoms with van der Waals surface area (Å²) in [6, 6.07) is 12.4. The number of benzene rings is 1. The molecule has 1 N–H and O–H groups in total. The lowest BCUT2D eigenvalue weighted by Gasteiger charge is -2.37. The maximum atomic E-state index is 13.5. The quantitative estimate of drug-likeness (QED) is 0.597. The summed E-state index contributed by atoms with van der Waals surface area (Å²) in [5, 5.41) is 3.40. The van der Waals surface area contributed by atoms with Crippen LogP contribution in [0.5, 0.6) is 0 Å². The van der Waals surface area contributed by atoms with E-state index in [0.717, 1.165) is 17.0 Å². The summed E-state index contributed by atoms with van der Waals surface area (Å²) in [5.41, 5.74) is 1.14. The molecule has 0 radical (unpaired) electrons. The van der Waals surface area contributed by atoms with Crippen LogP contribution >= 0.6 is 11.6 Å². The first-order chi connectivity index (χ1) is 16.2. The SMILES string of the molecule is CC(C)(C)OC(=O)N[C@H](Cc1ccc(Cl)cc1)C(=O)N1CCN(c2cnc3ccccn23)CC1. The predicted octanol–water partition coefficient (Wildman–Crippen LogP) is 3.77. The van der Waals surface area contributed by atoms with Gasteiger partial charge < -0.3 is 19.9 Å². The van der Waals surface area contributed by atoms with E-state index < -0.39 is 17.7 Å². The van der Waals surface area contributed by atoms with E-state index in [1.54, 1.807) is 37.8 Å². The Balaban J connectivity index is 1.44. The van der Waals surface area contributed by atoms with Crippen molar-refractivity contribution in [3.63, 3.8) is 0 Å². The number of anilines is 1. The van der Waals surface area contributed by atoms with Crippen LogP contribution in [0.2, 0.25) is 5.02 Å². The zero-order valence-corrected chi connectivity index (χ0v) is 20.5. The van der Waals surface area contributed by atoms with Crippen LogP contribution in [0.15, 0.2) is 54.9 Å². The third-order valence-corrected chi connectivity index (χ3v) is 5.91. The van der Waals surface area contributed by atoms with Gasteiger partial charge in [0.25, 0.3) is 0 Å². The van der Waals surface area contributed by atoms with Gasteiger partial charge in [-0.25, -0.2) is 9.78 Å². The highest BCUT2D eigenvalue weighted by Crippen LogP contribution is 2.19. The van der Waals surface area contributed by atoms with Gasteiger partial charge in [-0.3, -0.25) is 9.20 Å². The molecule has 1 fully saturated rings. The first-order valence-electron chi connectivity index (χ1n) is 11.4. The molecule has 2 amide bonds. The standard InChI is InChI=1S/C25H30ClN5O3/c1-25(2,3)34-24(33)28-20(16-18-7-9-19(26)10-8-18)23(32)30-14-12-29(13-15-30)22-17-27-21-6-4-5-11-31(21)22/h4-11,17,20H,12-16H2,1-3H3,(H,28,33)/t20-/m1/s1. The molecule has 0 spiro atoms. The van der Waals surface area contributed by atoms with Gasteiger partial charge in [0.15, 0.2) is 0 Å². The molecule has 180 valence electrons. The smallest absolute Gasteiger partial charge is 0.408 e. The van der Waals surface area contributed by atoms with Crippen molar-refractivity contribution in [2.24, 2.45) is 0 Å². The molecule has 0 saturated carbocycles. The molecule has 3 aromatic rings. The second-order valence-corrected chi connectivity index (χ2v) is 9.82. The van der Waals surface area contributed by atoms with Gasteiger partial charge in [-0.2, -0.15) is 0 Å². The average Bonchev–Trinajstić information content (AvgIpc) is 3.23. The minimum absolute atomic E-state index is 0.126. The number of nitrogens with zero attached hydrogens (tertiary/aromatic N) is 4. The van der Waals surface area contributed by atoms with E-state index in [9.17, 15) is 9.59 Å². The van der Waals surface area contributed by atoms with Gasteiger partial charge in [0.05, 0.1) is 6.20 Å². The van der Waals surface area contributed by atoms with Crippen LogP contribution in [0.1, 0.15) is 26.3 Å². The summed E-state index contributed by atoms with van der Waals surface area (Å²) in [6.45, 7) is 7.83. The molecule has 2 aromatic heterocycles.